The molecule has 6 nitrogen and oxygen atoms in total. The molecule has 1 aromatic carbocycles. The predicted molar refractivity (Wildman–Crippen MR) is 113 cm³/mol. The molecule has 1 N–H and O–H groups in total. The molecule has 3 aromatic heterocycles. The van der Waals surface area contributed by atoms with Crippen molar-refractivity contribution >= 4 is 28.3 Å². The second-order valence-electron chi connectivity index (χ2n) is 7.65. The Balaban J connectivity index is 1.72. The highest BCUT2D eigenvalue weighted by atomic mass is 35.5. The van der Waals surface area contributed by atoms with E-state index in [4.69, 9.17) is 26.3 Å². The lowest BCUT2D eigenvalue weighted by molar-refractivity contribution is 0.123. The fourth-order valence-electron chi connectivity index (χ4n) is 3.55. The van der Waals surface area contributed by atoms with E-state index in [1.54, 1.807) is 19.1 Å². The number of rotatable bonds is 5. The molecule has 4 aromatic rings. The summed E-state index contributed by atoms with van der Waals surface area (Å²) in [7, 11) is 0. The predicted octanol–water partition coefficient (Wildman–Crippen LogP) is 4.54. The zero-order valence-electron chi connectivity index (χ0n) is 16.3. The number of aliphatic hydroxyl groups is 1. The van der Waals surface area contributed by atoms with E-state index in [2.05, 4.69) is 11.1 Å². The van der Waals surface area contributed by atoms with Crippen molar-refractivity contribution in [3.05, 3.63) is 52.9 Å². The number of pyridine rings is 1. The minimum absolute atomic E-state index is 0.210. The Morgan fingerprint density at radius 3 is 2.83 bits per heavy atom. The van der Waals surface area contributed by atoms with E-state index in [0.717, 1.165) is 33.6 Å². The standard InChI is InChI=1S/C22H21ClN4O2/c1-12(28)11-29-15-5-6-17(23)16(9-15)21-24-10-20-13(2)25-19-8-7-18(14-3-4-14)26-22(19)27(20)21/h5-10,12,14,28H,3-4,11H2,1-2H3. The number of fused-ring (bicyclic) bond motifs is 3. The minimum Gasteiger partial charge on any atom is -0.491 e. The van der Waals surface area contributed by atoms with Gasteiger partial charge in [-0.2, -0.15) is 0 Å². The number of aliphatic hydroxyl groups excluding tert-OH is 1. The molecular weight excluding hydrogens is 388 g/mol. The Labute approximate surface area is 173 Å². The third-order valence-corrected chi connectivity index (χ3v) is 5.50. The summed E-state index contributed by atoms with van der Waals surface area (Å²) >= 11 is 6.54. The highest BCUT2D eigenvalue weighted by molar-refractivity contribution is 6.33. The van der Waals surface area contributed by atoms with Crippen LogP contribution in [0.2, 0.25) is 5.02 Å². The van der Waals surface area contributed by atoms with Gasteiger partial charge in [-0.3, -0.25) is 4.40 Å². The van der Waals surface area contributed by atoms with Crippen molar-refractivity contribution in [2.24, 2.45) is 0 Å². The number of nitrogens with zero attached hydrogens (tertiary/aromatic N) is 4. The lowest BCUT2D eigenvalue weighted by Crippen LogP contribution is -2.12. The smallest absolute Gasteiger partial charge is 0.165 e. The molecule has 0 amide bonds. The number of ether oxygens (including phenoxy) is 1. The van der Waals surface area contributed by atoms with Crippen LogP contribution in [0.15, 0.2) is 36.5 Å². The maximum absolute atomic E-state index is 9.50. The largest absolute Gasteiger partial charge is 0.491 e. The molecule has 7 heteroatoms. The van der Waals surface area contributed by atoms with Gasteiger partial charge in [-0.15, -0.1) is 0 Å². The number of imidazole rings is 1. The second-order valence-corrected chi connectivity index (χ2v) is 8.06. The van der Waals surface area contributed by atoms with Crippen LogP contribution in [-0.2, 0) is 0 Å². The fraction of sp³-hybridized carbons (Fsp3) is 0.318. The molecule has 29 heavy (non-hydrogen) atoms. The van der Waals surface area contributed by atoms with Gasteiger partial charge in [-0.1, -0.05) is 11.6 Å². The van der Waals surface area contributed by atoms with Crippen molar-refractivity contribution in [2.45, 2.75) is 38.7 Å². The number of hydrogen-bond acceptors (Lipinski definition) is 5. The van der Waals surface area contributed by atoms with E-state index in [0.29, 0.717) is 22.5 Å². The van der Waals surface area contributed by atoms with Crippen LogP contribution >= 0.6 is 11.6 Å². The number of aromatic nitrogens is 4. The van der Waals surface area contributed by atoms with Crippen molar-refractivity contribution in [3.8, 4) is 17.1 Å². The van der Waals surface area contributed by atoms with Crippen LogP contribution in [0.3, 0.4) is 0 Å². The zero-order valence-corrected chi connectivity index (χ0v) is 17.0. The van der Waals surface area contributed by atoms with E-state index in [9.17, 15) is 5.11 Å². The molecule has 0 bridgehead atoms. The van der Waals surface area contributed by atoms with Crippen molar-refractivity contribution in [1.29, 1.82) is 0 Å². The molecular formula is C22H21ClN4O2. The van der Waals surface area contributed by atoms with E-state index >= 15 is 0 Å². The molecule has 1 aliphatic carbocycles. The maximum atomic E-state index is 9.50. The number of benzene rings is 1. The van der Waals surface area contributed by atoms with Crippen LogP contribution < -0.4 is 4.74 Å². The number of aryl methyl sites for hydroxylation is 1. The summed E-state index contributed by atoms with van der Waals surface area (Å²) in [6.45, 7) is 3.87. The quantitative estimate of drug-likeness (QED) is 0.524. The lowest BCUT2D eigenvalue weighted by atomic mass is 10.2. The SMILES string of the molecule is Cc1nc2ccc(C3CC3)nc2n2c(-c3cc(OCC(C)O)ccc3Cl)ncc12. The molecule has 5 rings (SSSR count). The van der Waals surface area contributed by atoms with Crippen LogP contribution in [0, 0.1) is 6.92 Å². The van der Waals surface area contributed by atoms with Crippen molar-refractivity contribution in [1.82, 2.24) is 19.4 Å². The number of halogens is 1. The van der Waals surface area contributed by atoms with Gasteiger partial charge in [0.25, 0.3) is 0 Å². The first-order valence-electron chi connectivity index (χ1n) is 9.77. The summed E-state index contributed by atoms with van der Waals surface area (Å²) in [5, 5.41) is 10.1. The van der Waals surface area contributed by atoms with Gasteiger partial charge in [0, 0.05) is 17.2 Å². The molecule has 3 heterocycles. The Bertz CT molecular complexity index is 1230. The molecule has 0 radical (unpaired) electrons. The molecule has 1 saturated carbocycles. The summed E-state index contributed by atoms with van der Waals surface area (Å²) in [4.78, 5) is 14.3. The van der Waals surface area contributed by atoms with Crippen LogP contribution in [0.4, 0.5) is 0 Å². The molecule has 0 spiro atoms. The highest BCUT2D eigenvalue weighted by Crippen LogP contribution is 2.40. The molecule has 1 atom stereocenters. The van der Waals surface area contributed by atoms with E-state index < -0.39 is 6.10 Å². The van der Waals surface area contributed by atoms with Gasteiger partial charge in [0.2, 0.25) is 0 Å². The highest BCUT2D eigenvalue weighted by Gasteiger charge is 2.26. The van der Waals surface area contributed by atoms with Crippen molar-refractivity contribution < 1.29 is 9.84 Å². The third kappa shape index (κ3) is 3.32. The van der Waals surface area contributed by atoms with Crippen LogP contribution in [0.25, 0.3) is 28.1 Å². The van der Waals surface area contributed by atoms with Crippen LogP contribution in [0.1, 0.15) is 37.1 Å². The van der Waals surface area contributed by atoms with Gasteiger partial charge < -0.3 is 9.84 Å². The first-order valence-corrected chi connectivity index (χ1v) is 10.1. The van der Waals surface area contributed by atoms with E-state index in [1.165, 1.54) is 12.8 Å². The molecule has 1 aliphatic rings. The van der Waals surface area contributed by atoms with Gasteiger partial charge in [-0.05, 0) is 57.0 Å². The molecule has 0 aliphatic heterocycles. The molecule has 0 saturated heterocycles. The zero-order chi connectivity index (χ0) is 20.1. The monoisotopic (exact) mass is 408 g/mol. The molecule has 1 fully saturated rings. The minimum atomic E-state index is -0.552. The van der Waals surface area contributed by atoms with Gasteiger partial charge in [0.1, 0.15) is 23.7 Å². The summed E-state index contributed by atoms with van der Waals surface area (Å²) in [6.07, 6.45) is 3.63. The van der Waals surface area contributed by atoms with E-state index in [1.807, 2.05) is 29.7 Å². The fourth-order valence-corrected chi connectivity index (χ4v) is 3.75. The van der Waals surface area contributed by atoms with Crippen LogP contribution in [-0.4, -0.2) is 37.2 Å². The molecule has 1 unspecified atom stereocenters. The van der Waals surface area contributed by atoms with Gasteiger partial charge >= 0.3 is 0 Å². The summed E-state index contributed by atoms with van der Waals surface area (Å²) in [6, 6.07) is 9.54. The van der Waals surface area contributed by atoms with Gasteiger partial charge in [-0.25, -0.2) is 15.0 Å². The van der Waals surface area contributed by atoms with Gasteiger partial charge in [0.05, 0.1) is 28.5 Å². The van der Waals surface area contributed by atoms with Crippen molar-refractivity contribution in [2.75, 3.05) is 6.61 Å². The summed E-state index contributed by atoms with van der Waals surface area (Å²) in [5.74, 6) is 1.87. The normalized spacial score (nSPS) is 15.2. The summed E-state index contributed by atoms with van der Waals surface area (Å²) < 4.78 is 7.70. The Morgan fingerprint density at radius 1 is 1.24 bits per heavy atom. The third-order valence-electron chi connectivity index (χ3n) is 5.17. The second kappa shape index (κ2) is 6.97. The first kappa shape index (κ1) is 18.3. The first-order chi connectivity index (χ1) is 14.0. The average molecular weight is 409 g/mol. The lowest BCUT2D eigenvalue weighted by Gasteiger charge is -2.12. The molecule has 148 valence electrons. The van der Waals surface area contributed by atoms with Crippen molar-refractivity contribution in [3.63, 3.8) is 0 Å². The van der Waals surface area contributed by atoms with Crippen LogP contribution in [0.5, 0.6) is 5.75 Å². The van der Waals surface area contributed by atoms with Gasteiger partial charge in [0.15, 0.2) is 5.65 Å². The summed E-state index contributed by atoms with van der Waals surface area (Å²) in [5.41, 5.74) is 5.25. The Kier molecular flexibility index (Phi) is 4.41. The number of hydrogen-bond donors (Lipinski definition) is 1. The maximum Gasteiger partial charge on any atom is 0.165 e. The average Bonchev–Trinajstić information content (AvgIpc) is 3.45. The Hall–Kier alpha value is -2.70. The Morgan fingerprint density at radius 2 is 2.07 bits per heavy atom. The topological polar surface area (TPSA) is 72.5 Å². The van der Waals surface area contributed by atoms with E-state index in [-0.39, 0.29) is 6.61 Å².